The molecule has 2 aromatic heterocycles. The Kier molecular flexibility index (Phi) is 3.39. The van der Waals surface area contributed by atoms with Crippen LogP contribution in [0.15, 0.2) is 48.9 Å². The van der Waals surface area contributed by atoms with Gasteiger partial charge in [-0.25, -0.2) is 9.50 Å². The summed E-state index contributed by atoms with van der Waals surface area (Å²) < 4.78 is 7.93. The number of nitrogens with zero attached hydrogens (tertiary/aromatic N) is 5. The quantitative estimate of drug-likeness (QED) is 0.700. The lowest BCUT2D eigenvalue weighted by Gasteiger charge is -2.31. The minimum Gasteiger partial charge on any atom is -0.352 e. The van der Waals surface area contributed by atoms with Gasteiger partial charge in [-0.05, 0) is 5.56 Å². The Hall–Kier alpha value is -2.77. The van der Waals surface area contributed by atoms with Crippen LogP contribution in [0.4, 0.5) is 0 Å². The number of carbonyl (C=O) groups is 1. The van der Waals surface area contributed by atoms with Crippen molar-refractivity contribution in [3.8, 4) is 11.1 Å². The molecule has 3 saturated heterocycles. The van der Waals surface area contributed by atoms with Crippen molar-refractivity contribution < 1.29 is 9.53 Å². The zero-order chi connectivity index (χ0) is 18.7. The molecule has 1 aromatic carbocycles. The van der Waals surface area contributed by atoms with Gasteiger partial charge in [0.2, 0.25) is 5.91 Å². The van der Waals surface area contributed by atoms with Gasteiger partial charge in [-0.2, -0.15) is 5.10 Å². The predicted octanol–water partition coefficient (Wildman–Crippen LogP) is 1.93. The fourth-order valence-electron chi connectivity index (χ4n) is 5.12. The van der Waals surface area contributed by atoms with E-state index in [2.05, 4.69) is 27.1 Å². The summed E-state index contributed by atoms with van der Waals surface area (Å²) in [5, 5.41) is 4.51. The minimum absolute atomic E-state index is 0.135. The van der Waals surface area contributed by atoms with Crippen molar-refractivity contribution in [3.05, 3.63) is 54.5 Å². The predicted molar refractivity (Wildman–Crippen MR) is 102 cm³/mol. The largest absolute Gasteiger partial charge is 0.352 e. The first-order valence-corrected chi connectivity index (χ1v) is 9.81. The van der Waals surface area contributed by atoms with Crippen LogP contribution < -0.4 is 0 Å². The normalized spacial score (nSPS) is 26.9. The van der Waals surface area contributed by atoms with E-state index in [4.69, 9.17) is 4.74 Å². The molecule has 0 saturated carbocycles. The molecule has 3 aromatic rings. The number of ether oxygens (including phenoxy) is 1. The summed E-state index contributed by atoms with van der Waals surface area (Å²) in [6, 6.07) is 10.3. The molecule has 7 nitrogen and oxygen atoms in total. The number of aromatic nitrogens is 3. The molecule has 6 rings (SSSR count). The van der Waals surface area contributed by atoms with Gasteiger partial charge in [-0.1, -0.05) is 30.3 Å². The highest BCUT2D eigenvalue weighted by Crippen LogP contribution is 2.45. The van der Waals surface area contributed by atoms with Crippen molar-refractivity contribution in [1.29, 1.82) is 0 Å². The summed E-state index contributed by atoms with van der Waals surface area (Å²) in [6.07, 6.45) is 7.28. The summed E-state index contributed by atoms with van der Waals surface area (Å²) in [6.45, 7) is 3.06. The van der Waals surface area contributed by atoms with E-state index in [0.29, 0.717) is 13.0 Å². The lowest BCUT2D eigenvalue weighted by Crippen LogP contribution is -2.47. The molecule has 0 bridgehead atoms. The van der Waals surface area contributed by atoms with E-state index in [0.717, 1.165) is 48.4 Å². The Morgan fingerprint density at radius 3 is 2.96 bits per heavy atom. The van der Waals surface area contributed by atoms with Crippen LogP contribution in [0, 0.1) is 0 Å². The number of carbonyl (C=O) groups excluding carboxylic acids is 1. The first-order chi connectivity index (χ1) is 13.7. The van der Waals surface area contributed by atoms with Crippen LogP contribution in [0.2, 0.25) is 0 Å². The molecule has 7 heteroatoms. The van der Waals surface area contributed by atoms with Gasteiger partial charge in [0.25, 0.3) is 0 Å². The number of hydrogen-bond donors (Lipinski definition) is 0. The average molecular weight is 375 g/mol. The van der Waals surface area contributed by atoms with Crippen LogP contribution in [0.1, 0.15) is 18.4 Å². The Balaban J connectivity index is 1.28. The van der Waals surface area contributed by atoms with Crippen LogP contribution >= 0.6 is 0 Å². The fourth-order valence-corrected chi connectivity index (χ4v) is 5.12. The van der Waals surface area contributed by atoms with Crippen molar-refractivity contribution in [3.63, 3.8) is 0 Å². The van der Waals surface area contributed by atoms with Crippen molar-refractivity contribution in [2.24, 2.45) is 0 Å². The SMILES string of the molecule is O=C1C[C@H]2N(Cc3cnc4c(-c5ccccc5)cnn4c3)CC[C@]23OCCN13. The van der Waals surface area contributed by atoms with Gasteiger partial charge in [-0.3, -0.25) is 9.69 Å². The first-order valence-electron chi connectivity index (χ1n) is 9.81. The molecule has 0 radical (unpaired) electrons. The lowest BCUT2D eigenvalue weighted by molar-refractivity contribution is -0.136. The second kappa shape index (κ2) is 5.86. The van der Waals surface area contributed by atoms with Crippen molar-refractivity contribution in [1.82, 2.24) is 24.4 Å². The fraction of sp³-hybridized carbons (Fsp3) is 0.381. The maximum atomic E-state index is 12.4. The topological polar surface area (TPSA) is 63.0 Å². The van der Waals surface area contributed by atoms with E-state index in [1.165, 1.54) is 0 Å². The maximum absolute atomic E-state index is 12.4. The van der Waals surface area contributed by atoms with E-state index < -0.39 is 0 Å². The molecular formula is C21H21N5O2. The third-order valence-electron chi connectivity index (χ3n) is 6.39. The molecule has 0 N–H and O–H groups in total. The van der Waals surface area contributed by atoms with E-state index >= 15 is 0 Å². The van der Waals surface area contributed by atoms with Crippen molar-refractivity contribution >= 4 is 11.6 Å². The Morgan fingerprint density at radius 2 is 2.07 bits per heavy atom. The monoisotopic (exact) mass is 375 g/mol. The highest BCUT2D eigenvalue weighted by atomic mass is 16.5. The average Bonchev–Trinajstić information content (AvgIpc) is 3.45. The van der Waals surface area contributed by atoms with Gasteiger partial charge in [0, 0.05) is 56.0 Å². The molecule has 28 heavy (non-hydrogen) atoms. The molecule has 142 valence electrons. The molecule has 1 spiro atoms. The summed E-state index contributed by atoms with van der Waals surface area (Å²) in [7, 11) is 0. The molecule has 3 aliphatic heterocycles. The van der Waals surface area contributed by atoms with Crippen LogP contribution in [0.3, 0.4) is 0 Å². The summed E-state index contributed by atoms with van der Waals surface area (Å²) in [5.41, 5.74) is 3.71. The van der Waals surface area contributed by atoms with Crippen LogP contribution in [-0.4, -0.2) is 61.8 Å². The van der Waals surface area contributed by atoms with Crippen LogP contribution in [-0.2, 0) is 16.1 Å². The Morgan fingerprint density at radius 1 is 1.18 bits per heavy atom. The Labute approximate surface area is 162 Å². The number of hydrogen-bond acceptors (Lipinski definition) is 5. The molecule has 5 heterocycles. The zero-order valence-corrected chi connectivity index (χ0v) is 15.5. The standard InChI is InChI=1S/C21H21N5O2/c27-19-10-18-21(25(19)8-9-28-21)6-7-24(18)13-15-11-22-20-17(12-23-26(20)14-15)16-4-2-1-3-5-16/h1-5,11-12,14,18H,6-10,13H2/t18-,21+/m1/s1. The summed E-state index contributed by atoms with van der Waals surface area (Å²) in [5.74, 6) is 0.223. The van der Waals surface area contributed by atoms with Crippen LogP contribution in [0.25, 0.3) is 16.8 Å². The lowest BCUT2D eigenvalue weighted by atomic mass is 10.1. The molecule has 3 fully saturated rings. The zero-order valence-electron chi connectivity index (χ0n) is 15.5. The number of fused-ring (bicyclic) bond motifs is 1. The molecule has 3 aliphatic rings. The highest BCUT2D eigenvalue weighted by molar-refractivity contribution is 5.81. The molecule has 1 amide bonds. The molecule has 2 atom stereocenters. The van der Waals surface area contributed by atoms with Gasteiger partial charge in [0.15, 0.2) is 11.4 Å². The first kappa shape index (κ1) is 16.2. The molecule has 0 aliphatic carbocycles. The highest BCUT2D eigenvalue weighted by Gasteiger charge is 2.61. The van der Waals surface area contributed by atoms with E-state index in [1.54, 1.807) is 0 Å². The minimum atomic E-state index is -0.388. The number of likely N-dealkylation sites (tertiary alicyclic amines) is 1. The van der Waals surface area contributed by atoms with Crippen molar-refractivity contribution in [2.45, 2.75) is 31.2 Å². The third-order valence-corrected chi connectivity index (χ3v) is 6.39. The van der Waals surface area contributed by atoms with Gasteiger partial charge >= 0.3 is 0 Å². The van der Waals surface area contributed by atoms with Gasteiger partial charge in [0.05, 0.1) is 18.8 Å². The second-order valence-corrected chi connectivity index (χ2v) is 7.83. The van der Waals surface area contributed by atoms with Gasteiger partial charge in [-0.15, -0.1) is 0 Å². The summed E-state index contributed by atoms with van der Waals surface area (Å²) >= 11 is 0. The van der Waals surface area contributed by atoms with Gasteiger partial charge in [0.1, 0.15) is 0 Å². The van der Waals surface area contributed by atoms with E-state index in [9.17, 15) is 4.79 Å². The van der Waals surface area contributed by atoms with E-state index in [1.807, 2.05) is 46.2 Å². The van der Waals surface area contributed by atoms with Crippen LogP contribution in [0.5, 0.6) is 0 Å². The van der Waals surface area contributed by atoms with Crippen molar-refractivity contribution in [2.75, 3.05) is 19.7 Å². The summed E-state index contributed by atoms with van der Waals surface area (Å²) in [4.78, 5) is 21.4. The molecular weight excluding hydrogens is 354 g/mol. The number of benzene rings is 1. The molecule has 0 unspecified atom stereocenters. The van der Waals surface area contributed by atoms with Gasteiger partial charge < -0.3 is 9.64 Å². The maximum Gasteiger partial charge on any atom is 0.226 e. The smallest absolute Gasteiger partial charge is 0.226 e. The number of rotatable bonds is 3. The number of amides is 1. The second-order valence-electron chi connectivity index (χ2n) is 7.83. The third kappa shape index (κ3) is 2.20. The Bertz CT molecular complexity index is 1070. The van der Waals surface area contributed by atoms with E-state index in [-0.39, 0.29) is 17.7 Å².